The number of fused-ring (bicyclic) bond motifs is 4. The number of aryl methyl sites for hydroxylation is 2. The maximum Gasteiger partial charge on any atom is 0.138 e. The fourth-order valence-electron chi connectivity index (χ4n) is 11.8. The highest BCUT2D eigenvalue weighted by Gasteiger charge is 2.32. The maximum atomic E-state index is 10.6. The first-order valence-electron chi connectivity index (χ1n) is 26.6. The van der Waals surface area contributed by atoms with Crippen molar-refractivity contribution in [1.29, 1.82) is 0 Å². The molecule has 0 amide bonds. The van der Waals surface area contributed by atoms with Crippen LogP contribution in [0.15, 0.2) is 122 Å². The van der Waals surface area contributed by atoms with Crippen LogP contribution in [-0.2, 0) is 52.2 Å². The van der Waals surface area contributed by atoms with Crippen LogP contribution in [-0.4, -0.2) is 135 Å². The molecule has 0 bridgehead atoms. The van der Waals surface area contributed by atoms with Crippen LogP contribution < -0.4 is 9.80 Å². The maximum absolute atomic E-state index is 10.6. The molecule has 2 saturated heterocycles. The quantitative estimate of drug-likeness (QED) is 0.117. The molecule has 0 unspecified atom stereocenters. The van der Waals surface area contributed by atoms with Crippen molar-refractivity contribution in [3.05, 3.63) is 179 Å². The number of likely N-dealkylation sites (N-methyl/N-ethyl adjacent to an activating group) is 2. The lowest BCUT2D eigenvalue weighted by molar-refractivity contribution is 0.153. The van der Waals surface area contributed by atoms with E-state index in [9.17, 15) is 10.2 Å². The molecule has 2 aliphatic carbocycles. The number of hydrogen-bond acceptors (Lipinski definition) is 14. The van der Waals surface area contributed by atoms with Crippen molar-refractivity contribution in [3.63, 3.8) is 0 Å². The average molecular weight is 995 g/mol. The van der Waals surface area contributed by atoms with Gasteiger partial charge in [-0.25, -0.2) is 9.97 Å². The van der Waals surface area contributed by atoms with Crippen LogP contribution in [0, 0.1) is 0 Å². The number of imidazole rings is 2. The van der Waals surface area contributed by atoms with Gasteiger partial charge >= 0.3 is 0 Å². The summed E-state index contributed by atoms with van der Waals surface area (Å²) in [6.45, 7) is 10.7. The molecule has 2 N–H and O–H groups in total. The van der Waals surface area contributed by atoms with Crippen molar-refractivity contribution in [2.24, 2.45) is 0 Å². The lowest BCUT2D eigenvalue weighted by atomic mass is 9.90. The van der Waals surface area contributed by atoms with E-state index in [-0.39, 0.29) is 25.3 Å². The standard InChI is InChI=1S/2C29H35N7O/c2*1-33-15-17-34(18-16-33)28-9-3-8-27-32-24(26(21-37)36(27)28)20-35(19-22-10-13-30-14-11-22)25-7-2-5-23-6-4-12-31-29(23)25/h2*3-4,6,8-14,25,37H,2,5,7,15-21H2,1H3/t2*25-/m00/s1. The van der Waals surface area contributed by atoms with Gasteiger partial charge in [0.1, 0.15) is 22.9 Å². The fraction of sp³-hybridized carbons (Fsp3) is 0.414. The van der Waals surface area contributed by atoms with Gasteiger partial charge in [-0.3, -0.25) is 38.5 Å². The number of rotatable bonds is 14. The van der Waals surface area contributed by atoms with Crippen molar-refractivity contribution in [2.75, 3.05) is 76.3 Å². The van der Waals surface area contributed by atoms with Gasteiger partial charge in [0.25, 0.3) is 0 Å². The van der Waals surface area contributed by atoms with Crippen molar-refractivity contribution in [3.8, 4) is 0 Å². The van der Waals surface area contributed by atoms with Gasteiger partial charge in [0.05, 0.1) is 59.5 Å². The zero-order valence-corrected chi connectivity index (χ0v) is 43.0. The first-order valence-corrected chi connectivity index (χ1v) is 26.6. The van der Waals surface area contributed by atoms with E-state index >= 15 is 0 Å². The molecule has 2 atom stereocenters. The first kappa shape index (κ1) is 49.5. The molecule has 2 fully saturated rings. The monoisotopic (exact) mass is 995 g/mol. The van der Waals surface area contributed by atoms with Gasteiger partial charge in [-0.1, -0.05) is 24.3 Å². The van der Waals surface area contributed by atoms with E-state index in [2.05, 4.69) is 123 Å². The highest BCUT2D eigenvalue weighted by Crippen LogP contribution is 2.38. The van der Waals surface area contributed by atoms with Crippen LogP contribution in [0.1, 0.15) is 94.2 Å². The second-order valence-corrected chi connectivity index (χ2v) is 20.5. The molecule has 0 spiro atoms. The van der Waals surface area contributed by atoms with Gasteiger partial charge in [-0.05, 0) is 136 Å². The van der Waals surface area contributed by atoms with Crippen molar-refractivity contribution in [2.45, 2.75) is 90.0 Å². The third-order valence-electron chi connectivity index (χ3n) is 15.7. The van der Waals surface area contributed by atoms with E-state index in [0.29, 0.717) is 13.1 Å². The highest BCUT2D eigenvalue weighted by atomic mass is 16.3. The van der Waals surface area contributed by atoms with Crippen LogP contribution in [0.3, 0.4) is 0 Å². The van der Waals surface area contributed by atoms with Gasteiger partial charge in [0, 0.05) is 116 Å². The Morgan fingerprint density at radius 2 is 0.905 bits per heavy atom. The molecule has 12 rings (SSSR count). The molecular formula is C58H70N14O2. The molecule has 16 heteroatoms. The first-order chi connectivity index (χ1) is 36.4. The van der Waals surface area contributed by atoms with Crippen LogP contribution in [0.25, 0.3) is 11.3 Å². The Bertz CT molecular complexity index is 2900. The number of aromatic nitrogens is 8. The van der Waals surface area contributed by atoms with E-state index in [1.165, 1.54) is 33.6 Å². The molecule has 10 heterocycles. The van der Waals surface area contributed by atoms with E-state index in [4.69, 9.17) is 19.9 Å². The van der Waals surface area contributed by atoms with Gasteiger partial charge in [0.15, 0.2) is 0 Å². The third-order valence-corrected chi connectivity index (χ3v) is 15.7. The Morgan fingerprint density at radius 1 is 0.486 bits per heavy atom. The molecule has 0 aromatic carbocycles. The normalized spacial score (nSPS) is 18.5. The summed E-state index contributed by atoms with van der Waals surface area (Å²) in [7, 11) is 4.34. The predicted molar refractivity (Wildman–Crippen MR) is 288 cm³/mol. The number of aliphatic hydroxyl groups excluding tert-OH is 2. The van der Waals surface area contributed by atoms with Gasteiger partial charge in [-0.2, -0.15) is 0 Å². The largest absolute Gasteiger partial charge is 0.390 e. The molecule has 0 saturated carbocycles. The van der Waals surface area contributed by atoms with Gasteiger partial charge < -0.3 is 29.8 Å². The van der Waals surface area contributed by atoms with E-state index < -0.39 is 0 Å². The number of piperazine rings is 2. The third kappa shape index (κ3) is 10.7. The molecule has 0 radical (unpaired) electrons. The van der Waals surface area contributed by atoms with Crippen LogP contribution in [0.5, 0.6) is 0 Å². The number of anilines is 2. The molecular weight excluding hydrogens is 925 g/mol. The van der Waals surface area contributed by atoms with E-state index in [0.717, 1.165) is 150 Å². The number of hydrogen-bond donors (Lipinski definition) is 2. The van der Waals surface area contributed by atoms with E-state index in [1.54, 1.807) is 0 Å². The highest BCUT2D eigenvalue weighted by molar-refractivity contribution is 5.56. The number of nitrogens with zero attached hydrogens (tertiary/aromatic N) is 14. The molecule has 8 aromatic rings. The van der Waals surface area contributed by atoms with Crippen LogP contribution in [0.2, 0.25) is 0 Å². The Hall–Kier alpha value is -6.66. The summed E-state index contributed by atoms with van der Waals surface area (Å²) < 4.78 is 4.33. The SMILES string of the molecule is CN1CCN(c2cccc3nc(CN(Cc4ccncc4)[C@H]4CCCc5cccnc54)c(CO)n23)CC1.CN1CCN(c2cccc3nc(CN(Cc4ccncc4)[C@H]4CCCc5cccnc54)c(CO)n23)CC1. The number of aliphatic hydroxyl groups is 2. The number of pyridine rings is 6. The summed E-state index contributed by atoms with van der Waals surface area (Å²) in [5.74, 6) is 2.22. The van der Waals surface area contributed by atoms with Crippen LogP contribution >= 0.6 is 0 Å². The fourth-order valence-corrected chi connectivity index (χ4v) is 11.8. The Balaban J connectivity index is 0.000000159. The summed E-state index contributed by atoms with van der Waals surface area (Å²) >= 11 is 0. The van der Waals surface area contributed by atoms with E-state index in [1.807, 2.05) is 61.4 Å². The topological polar surface area (TPSA) is 146 Å². The minimum atomic E-state index is -0.0517. The zero-order chi connectivity index (χ0) is 50.4. The minimum Gasteiger partial charge on any atom is -0.390 e. The average Bonchev–Trinajstić information content (AvgIpc) is 4.01. The smallest absolute Gasteiger partial charge is 0.138 e. The zero-order valence-electron chi connectivity index (χ0n) is 43.0. The molecule has 384 valence electrons. The van der Waals surface area contributed by atoms with Crippen molar-refractivity contribution in [1.82, 2.24) is 58.3 Å². The Kier molecular flexibility index (Phi) is 15.3. The molecule has 16 nitrogen and oxygen atoms in total. The summed E-state index contributed by atoms with van der Waals surface area (Å²) in [5.41, 5.74) is 12.9. The lowest BCUT2D eigenvalue weighted by Crippen LogP contribution is -2.45. The Labute approximate surface area is 434 Å². The molecule has 8 aromatic heterocycles. The molecule has 74 heavy (non-hydrogen) atoms. The lowest BCUT2D eigenvalue weighted by Gasteiger charge is -2.35. The van der Waals surface area contributed by atoms with Gasteiger partial charge in [-0.15, -0.1) is 0 Å². The van der Waals surface area contributed by atoms with Crippen LogP contribution in [0.4, 0.5) is 11.6 Å². The minimum absolute atomic E-state index is 0.0517. The summed E-state index contributed by atoms with van der Waals surface area (Å²) in [6.07, 6.45) is 17.8. The second kappa shape index (κ2) is 22.8. The second-order valence-electron chi connectivity index (χ2n) is 20.5. The molecule has 2 aliphatic heterocycles. The Morgan fingerprint density at radius 3 is 1.31 bits per heavy atom. The van der Waals surface area contributed by atoms with Crippen molar-refractivity contribution >= 4 is 22.9 Å². The predicted octanol–water partition coefficient (Wildman–Crippen LogP) is 6.90. The van der Waals surface area contributed by atoms with Gasteiger partial charge in [0.2, 0.25) is 0 Å². The molecule has 4 aliphatic rings. The summed E-state index contributed by atoms with van der Waals surface area (Å²) in [6, 6.07) is 29.8. The van der Waals surface area contributed by atoms with Crippen molar-refractivity contribution < 1.29 is 10.2 Å². The summed E-state index contributed by atoms with van der Waals surface area (Å²) in [4.78, 5) is 42.7. The summed E-state index contributed by atoms with van der Waals surface area (Å²) in [5, 5.41) is 21.2.